The van der Waals surface area contributed by atoms with E-state index in [1.54, 1.807) is 7.05 Å². The summed E-state index contributed by atoms with van der Waals surface area (Å²) in [4.78, 5) is 13.7. The van der Waals surface area contributed by atoms with Gasteiger partial charge in [0.15, 0.2) is 0 Å². The van der Waals surface area contributed by atoms with Crippen molar-refractivity contribution in [3.05, 3.63) is 0 Å². The van der Waals surface area contributed by atoms with Crippen LogP contribution in [0.3, 0.4) is 0 Å². The van der Waals surface area contributed by atoms with E-state index < -0.39 is 5.54 Å². The molecule has 1 saturated heterocycles. The Balaban J connectivity index is 2.31. The van der Waals surface area contributed by atoms with Crippen LogP contribution >= 0.6 is 0 Å². The highest BCUT2D eigenvalue weighted by Crippen LogP contribution is 2.16. The summed E-state index contributed by atoms with van der Waals surface area (Å²) in [6.45, 7) is 5.57. The zero-order chi connectivity index (χ0) is 13.6. The summed E-state index contributed by atoms with van der Waals surface area (Å²) in [5, 5.41) is 3.02. The van der Waals surface area contributed by atoms with Gasteiger partial charge >= 0.3 is 0 Å². The van der Waals surface area contributed by atoms with Gasteiger partial charge in [0.05, 0.1) is 5.54 Å². The SMILES string of the molecule is CNC(C)(CCN(C)CC1CCOCC1)C(N)=O. The Kier molecular flexibility index (Phi) is 6.05. The fourth-order valence-electron chi connectivity index (χ4n) is 2.25. The van der Waals surface area contributed by atoms with Gasteiger partial charge in [0.25, 0.3) is 0 Å². The second-order valence-electron chi connectivity index (χ2n) is 5.51. The topological polar surface area (TPSA) is 67.6 Å². The number of carbonyl (C=O) groups is 1. The molecule has 106 valence electrons. The van der Waals surface area contributed by atoms with Crippen molar-refractivity contribution in [1.82, 2.24) is 10.2 Å². The molecule has 0 bridgehead atoms. The van der Waals surface area contributed by atoms with E-state index in [1.165, 1.54) is 0 Å². The number of amides is 1. The minimum Gasteiger partial charge on any atom is -0.381 e. The maximum Gasteiger partial charge on any atom is 0.237 e. The fourth-order valence-corrected chi connectivity index (χ4v) is 2.25. The molecule has 0 spiro atoms. The third-order valence-electron chi connectivity index (χ3n) is 4.00. The van der Waals surface area contributed by atoms with Gasteiger partial charge in [0.2, 0.25) is 5.91 Å². The van der Waals surface area contributed by atoms with Crippen LogP contribution in [0.25, 0.3) is 0 Å². The molecule has 0 aromatic rings. The summed E-state index contributed by atoms with van der Waals surface area (Å²) in [5.74, 6) is 0.433. The minimum atomic E-state index is -0.607. The molecule has 0 radical (unpaired) electrons. The van der Waals surface area contributed by atoms with Crippen molar-refractivity contribution >= 4 is 5.91 Å². The van der Waals surface area contributed by atoms with Crippen LogP contribution in [0, 0.1) is 5.92 Å². The molecule has 0 aliphatic carbocycles. The molecule has 1 fully saturated rings. The van der Waals surface area contributed by atoms with E-state index in [0.717, 1.165) is 51.5 Å². The lowest BCUT2D eigenvalue weighted by Crippen LogP contribution is -2.53. The van der Waals surface area contributed by atoms with Crippen LogP contribution in [0.5, 0.6) is 0 Å². The maximum atomic E-state index is 11.4. The molecule has 3 N–H and O–H groups in total. The number of nitrogens with one attached hydrogen (secondary N) is 1. The molecule has 1 atom stereocenters. The highest BCUT2D eigenvalue weighted by atomic mass is 16.5. The van der Waals surface area contributed by atoms with Crippen molar-refractivity contribution in [3.8, 4) is 0 Å². The number of carbonyl (C=O) groups excluding carboxylic acids is 1. The van der Waals surface area contributed by atoms with Crippen LogP contribution in [0.2, 0.25) is 0 Å². The van der Waals surface area contributed by atoms with Gasteiger partial charge in [-0.3, -0.25) is 4.79 Å². The maximum absolute atomic E-state index is 11.4. The lowest BCUT2D eigenvalue weighted by atomic mass is 9.96. The van der Waals surface area contributed by atoms with Crippen LogP contribution in [-0.4, -0.2) is 56.7 Å². The van der Waals surface area contributed by atoms with Crippen molar-refractivity contribution in [1.29, 1.82) is 0 Å². The molecule has 0 aromatic heterocycles. The molecule has 1 aliphatic heterocycles. The zero-order valence-corrected chi connectivity index (χ0v) is 11.9. The molecule has 1 amide bonds. The van der Waals surface area contributed by atoms with E-state index in [4.69, 9.17) is 10.5 Å². The molecular formula is C13H27N3O2. The van der Waals surface area contributed by atoms with Gasteiger partial charge in [-0.15, -0.1) is 0 Å². The van der Waals surface area contributed by atoms with E-state index in [2.05, 4.69) is 17.3 Å². The van der Waals surface area contributed by atoms with Gasteiger partial charge in [-0.05, 0) is 46.2 Å². The summed E-state index contributed by atoms with van der Waals surface area (Å²) in [7, 11) is 3.88. The van der Waals surface area contributed by atoms with Crippen molar-refractivity contribution in [3.63, 3.8) is 0 Å². The zero-order valence-electron chi connectivity index (χ0n) is 11.9. The van der Waals surface area contributed by atoms with E-state index in [9.17, 15) is 4.79 Å². The second kappa shape index (κ2) is 7.07. The first-order chi connectivity index (χ1) is 8.48. The summed E-state index contributed by atoms with van der Waals surface area (Å²) in [6, 6.07) is 0. The van der Waals surface area contributed by atoms with E-state index in [-0.39, 0.29) is 5.91 Å². The van der Waals surface area contributed by atoms with Crippen LogP contribution in [-0.2, 0) is 9.53 Å². The second-order valence-corrected chi connectivity index (χ2v) is 5.51. The lowest BCUT2D eigenvalue weighted by molar-refractivity contribution is -0.124. The first kappa shape index (κ1) is 15.4. The number of nitrogens with zero attached hydrogens (tertiary/aromatic N) is 1. The Morgan fingerprint density at radius 2 is 2.11 bits per heavy atom. The molecule has 5 heteroatoms. The Morgan fingerprint density at radius 1 is 1.50 bits per heavy atom. The smallest absolute Gasteiger partial charge is 0.237 e. The Labute approximate surface area is 110 Å². The highest BCUT2D eigenvalue weighted by Gasteiger charge is 2.29. The molecule has 1 rings (SSSR count). The number of rotatable bonds is 7. The van der Waals surface area contributed by atoms with Crippen molar-refractivity contribution in [2.75, 3.05) is 40.4 Å². The number of ether oxygens (including phenoxy) is 1. The normalized spacial score (nSPS) is 20.9. The van der Waals surface area contributed by atoms with Crippen LogP contribution < -0.4 is 11.1 Å². The molecule has 1 unspecified atom stereocenters. The Morgan fingerprint density at radius 3 is 2.61 bits per heavy atom. The predicted molar refractivity (Wildman–Crippen MR) is 72.3 cm³/mol. The molecule has 0 saturated carbocycles. The van der Waals surface area contributed by atoms with Gasteiger partial charge < -0.3 is 20.7 Å². The average molecular weight is 257 g/mol. The number of hydrogen-bond donors (Lipinski definition) is 2. The monoisotopic (exact) mass is 257 g/mol. The average Bonchev–Trinajstić information content (AvgIpc) is 2.37. The molecule has 1 heterocycles. The van der Waals surface area contributed by atoms with E-state index >= 15 is 0 Å². The number of nitrogens with two attached hydrogens (primary N) is 1. The Hall–Kier alpha value is -0.650. The fraction of sp³-hybridized carbons (Fsp3) is 0.923. The van der Waals surface area contributed by atoms with E-state index in [0.29, 0.717) is 0 Å². The van der Waals surface area contributed by atoms with Gasteiger partial charge in [-0.1, -0.05) is 0 Å². The third-order valence-corrected chi connectivity index (χ3v) is 4.00. The molecular weight excluding hydrogens is 230 g/mol. The molecule has 5 nitrogen and oxygen atoms in total. The summed E-state index contributed by atoms with van der Waals surface area (Å²) >= 11 is 0. The first-order valence-electron chi connectivity index (χ1n) is 6.73. The van der Waals surface area contributed by atoms with Crippen LogP contribution in [0.15, 0.2) is 0 Å². The van der Waals surface area contributed by atoms with Gasteiger partial charge in [0, 0.05) is 26.3 Å². The van der Waals surface area contributed by atoms with Crippen molar-refractivity contribution in [2.45, 2.75) is 31.7 Å². The molecule has 1 aliphatic rings. The Bertz CT molecular complexity index is 267. The highest BCUT2D eigenvalue weighted by molar-refractivity contribution is 5.84. The number of likely N-dealkylation sites (N-methyl/N-ethyl adjacent to an activating group) is 1. The largest absolute Gasteiger partial charge is 0.381 e. The lowest BCUT2D eigenvalue weighted by Gasteiger charge is -2.31. The van der Waals surface area contributed by atoms with Gasteiger partial charge in [-0.2, -0.15) is 0 Å². The predicted octanol–water partition coefficient (Wildman–Crippen LogP) is 0.198. The summed E-state index contributed by atoms with van der Waals surface area (Å²) < 4.78 is 5.35. The quantitative estimate of drug-likeness (QED) is 0.683. The first-order valence-corrected chi connectivity index (χ1v) is 6.73. The third kappa shape index (κ3) is 4.55. The van der Waals surface area contributed by atoms with Gasteiger partial charge in [-0.25, -0.2) is 0 Å². The molecule has 18 heavy (non-hydrogen) atoms. The number of primary amides is 1. The van der Waals surface area contributed by atoms with Gasteiger partial charge in [0.1, 0.15) is 0 Å². The number of hydrogen-bond acceptors (Lipinski definition) is 4. The van der Waals surface area contributed by atoms with Crippen molar-refractivity contribution < 1.29 is 9.53 Å². The van der Waals surface area contributed by atoms with Crippen LogP contribution in [0.1, 0.15) is 26.2 Å². The minimum absolute atomic E-state index is 0.288. The van der Waals surface area contributed by atoms with Crippen molar-refractivity contribution in [2.24, 2.45) is 11.7 Å². The standard InChI is InChI=1S/C13H27N3O2/c1-13(15-2,12(14)17)6-7-16(3)10-11-4-8-18-9-5-11/h11,15H,4-10H2,1-3H3,(H2,14,17). The van der Waals surface area contributed by atoms with E-state index in [1.807, 2.05) is 6.92 Å². The summed E-state index contributed by atoms with van der Waals surface area (Å²) in [5.41, 5.74) is 4.81. The molecule has 0 aromatic carbocycles. The summed E-state index contributed by atoms with van der Waals surface area (Å²) in [6.07, 6.45) is 3.02. The van der Waals surface area contributed by atoms with Crippen LogP contribution in [0.4, 0.5) is 0 Å².